The third-order valence-electron chi connectivity index (χ3n) is 5.25. The first-order chi connectivity index (χ1) is 15.9. The molecule has 0 aliphatic carbocycles. The summed E-state index contributed by atoms with van der Waals surface area (Å²) in [6, 6.07) is 12.2. The van der Waals surface area contributed by atoms with Crippen LogP contribution < -0.4 is 19.3 Å². The van der Waals surface area contributed by atoms with Gasteiger partial charge >= 0.3 is 0 Å². The van der Waals surface area contributed by atoms with Crippen molar-refractivity contribution in [3.05, 3.63) is 71.0 Å². The van der Waals surface area contributed by atoms with Gasteiger partial charge in [0, 0.05) is 50.7 Å². The number of rotatable bonds is 7. The zero-order valence-electron chi connectivity index (χ0n) is 17.8. The molecule has 4 rings (SSSR count). The summed E-state index contributed by atoms with van der Waals surface area (Å²) in [6.45, 7) is 2.13. The maximum atomic E-state index is 13.3. The Morgan fingerprint density at radius 1 is 1.00 bits per heavy atom. The standard InChI is InChI=1S/C21H22N6O5S/c1-32-19-6-3-2-5-17(19)24-33(30,31)20-15-16(27(28)29)7-8-18(20)25-11-13-26(14-12-25)21-22-9-4-10-23-21/h2-10,15,24H,11-14H2,1H3. The number of para-hydroxylation sites is 2. The van der Waals surface area contributed by atoms with E-state index in [0.717, 1.165) is 6.07 Å². The lowest BCUT2D eigenvalue weighted by Crippen LogP contribution is -2.47. The first kappa shape index (κ1) is 22.3. The molecule has 3 aromatic rings. The van der Waals surface area contributed by atoms with Gasteiger partial charge in [0.15, 0.2) is 0 Å². The van der Waals surface area contributed by atoms with Crippen molar-refractivity contribution >= 4 is 33.0 Å². The predicted molar refractivity (Wildman–Crippen MR) is 123 cm³/mol. The monoisotopic (exact) mass is 470 g/mol. The summed E-state index contributed by atoms with van der Waals surface area (Å²) in [7, 11) is -2.73. The molecule has 33 heavy (non-hydrogen) atoms. The van der Waals surface area contributed by atoms with E-state index in [4.69, 9.17) is 4.74 Å². The number of hydrogen-bond donors (Lipinski definition) is 1. The summed E-state index contributed by atoms with van der Waals surface area (Å²) < 4.78 is 34.4. The van der Waals surface area contributed by atoms with E-state index in [1.807, 2.05) is 9.80 Å². The number of nitro groups is 1. The van der Waals surface area contributed by atoms with Gasteiger partial charge in [-0.1, -0.05) is 12.1 Å². The molecule has 2 aromatic carbocycles. The number of nitrogens with zero attached hydrogens (tertiary/aromatic N) is 5. The van der Waals surface area contributed by atoms with Gasteiger partial charge in [-0.25, -0.2) is 18.4 Å². The lowest BCUT2D eigenvalue weighted by molar-refractivity contribution is -0.385. The smallest absolute Gasteiger partial charge is 0.270 e. The molecular formula is C21H22N6O5S. The van der Waals surface area contributed by atoms with Crippen molar-refractivity contribution in [2.45, 2.75) is 4.90 Å². The van der Waals surface area contributed by atoms with Gasteiger partial charge in [-0.15, -0.1) is 0 Å². The van der Waals surface area contributed by atoms with Crippen LogP contribution in [0.25, 0.3) is 0 Å². The van der Waals surface area contributed by atoms with Crippen LogP contribution in [0, 0.1) is 10.1 Å². The molecule has 2 heterocycles. The van der Waals surface area contributed by atoms with E-state index in [9.17, 15) is 18.5 Å². The molecule has 1 aliphatic heterocycles. The highest BCUT2D eigenvalue weighted by atomic mass is 32.2. The largest absolute Gasteiger partial charge is 0.495 e. The molecule has 12 heteroatoms. The normalized spacial score (nSPS) is 14.1. The van der Waals surface area contributed by atoms with E-state index < -0.39 is 14.9 Å². The zero-order chi connectivity index (χ0) is 23.4. The second kappa shape index (κ2) is 9.28. The predicted octanol–water partition coefficient (Wildman–Crippen LogP) is 2.52. The minimum absolute atomic E-state index is 0.174. The molecule has 0 spiro atoms. The average Bonchev–Trinajstić information content (AvgIpc) is 2.84. The van der Waals surface area contributed by atoms with Gasteiger partial charge in [0.25, 0.3) is 15.7 Å². The number of nitro benzene ring substituents is 1. The number of aromatic nitrogens is 2. The molecule has 1 aliphatic rings. The number of piperazine rings is 1. The third-order valence-corrected chi connectivity index (χ3v) is 6.65. The molecular weight excluding hydrogens is 448 g/mol. The van der Waals surface area contributed by atoms with Crippen LogP contribution in [0.1, 0.15) is 0 Å². The molecule has 172 valence electrons. The van der Waals surface area contributed by atoms with E-state index in [1.165, 1.54) is 19.2 Å². The highest BCUT2D eigenvalue weighted by Gasteiger charge is 2.28. The van der Waals surface area contributed by atoms with Gasteiger partial charge in [-0.05, 0) is 24.3 Å². The van der Waals surface area contributed by atoms with E-state index in [2.05, 4.69) is 14.7 Å². The quantitative estimate of drug-likeness (QED) is 0.409. The van der Waals surface area contributed by atoms with E-state index >= 15 is 0 Å². The number of hydrogen-bond acceptors (Lipinski definition) is 9. The highest BCUT2D eigenvalue weighted by molar-refractivity contribution is 7.93. The summed E-state index contributed by atoms with van der Waals surface area (Å²) in [5.41, 5.74) is 0.315. The molecule has 1 fully saturated rings. The summed E-state index contributed by atoms with van der Waals surface area (Å²) in [4.78, 5) is 23.0. The molecule has 0 bridgehead atoms. The topological polar surface area (TPSA) is 131 Å². The van der Waals surface area contributed by atoms with Gasteiger partial charge in [-0.2, -0.15) is 0 Å². The highest BCUT2D eigenvalue weighted by Crippen LogP contribution is 2.33. The number of non-ortho nitro benzene ring substituents is 1. The maximum Gasteiger partial charge on any atom is 0.270 e. The summed E-state index contributed by atoms with van der Waals surface area (Å²) >= 11 is 0. The Bertz CT molecular complexity index is 1250. The first-order valence-corrected chi connectivity index (χ1v) is 11.6. The summed E-state index contributed by atoms with van der Waals surface area (Å²) in [5, 5.41) is 11.4. The Kier molecular flexibility index (Phi) is 6.27. The molecule has 1 aromatic heterocycles. The number of sulfonamides is 1. The zero-order valence-corrected chi connectivity index (χ0v) is 18.6. The lowest BCUT2D eigenvalue weighted by Gasteiger charge is -2.36. The Morgan fingerprint density at radius 2 is 1.67 bits per heavy atom. The number of ether oxygens (including phenoxy) is 1. The van der Waals surface area contributed by atoms with Crippen molar-refractivity contribution < 1.29 is 18.1 Å². The van der Waals surface area contributed by atoms with Crippen LogP contribution in [-0.2, 0) is 10.0 Å². The van der Waals surface area contributed by atoms with Crippen LogP contribution in [0.3, 0.4) is 0 Å². The van der Waals surface area contributed by atoms with Crippen molar-refractivity contribution in [2.24, 2.45) is 0 Å². The Balaban J connectivity index is 1.65. The summed E-state index contributed by atoms with van der Waals surface area (Å²) in [6.07, 6.45) is 3.33. The van der Waals surface area contributed by atoms with Gasteiger partial charge < -0.3 is 14.5 Å². The molecule has 0 amide bonds. The summed E-state index contributed by atoms with van der Waals surface area (Å²) in [5.74, 6) is 0.941. The van der Waals surface area contributed by atoms with Crippen LogP contribution in [0.15, 0.2) is 65.8 Å². The molecule has 0 radical (unpaired) electrons. The van der Waals surface area contributed by atoms with Gasteiger partial charge in [-0.3, -0.25) is 14.8 Å². The fourth-order valence-corrected chi connectivity index (χ4v) is 4.94. The minimum Gasteiger partial charge on any atom is -0.495 e. The van der Waals surface area contributed by atoms with Crippen molar-refractivity contribution in [1.82, 2.24) is 9.97 Å². The van der Waals surface area contributed by atoms with Crippen LogP contribution >= 0.6 is 0 Å². The van der Waals surface area contributed by atoms with Crippen LogP contribution in [0.5, 0.6) is 5.75 Å². The Morgan fingerprint density at radius 3 is 2.33 bits per heavy atom. The van der Waals surface area contributed by atoms with Gasteiger partial charge in [0.05, 0.1) is 23.4 Å². The molecule has 1 N–H and O–H groups in total. The van der Waals surface area contributed by atoms with Crippen LogP contribution in [0.4, 0.5) is 23.0 Å². The maximum absolute atomic E-state index is 13.3. The van der Waals surface area contributed by atoms with Crippen molar-refractivity contribution in [2.75, 3.05) is 47.8 Å². The first-order valence-electron chi connectivity index (χ1n) is 10.1. The van der Waals surface area contributed by atoms with Crippen LogP contribution in [0.2, 0.25) is 0 Å². The Hall–Kier alpha value is -3.93. The van der Waals surface area contributed by atoms with E-state index in [-0.39, 0.29) is 16.3 Å². The molecule has 0 atom stereocenters. The number of nitrogens with one attached hydrogen (secondary N) is 1. The van der Waals surface area contributed by atoms with Crippen molar-refractivity contribution in [3.8, 4) is 5.75 Å². The minimum atomic E-state index is -4.16. The SMILES string of the molecule is COc1ccccc1NS(=O)(=O)c1cc([N+](=O)[O-])ccc1N1CCN(c2ncccn2)CC1. The molecule has 11 nitrogen and oxygen atoms in total. The van der Waals surface area contributed by atoms with Crippen molar-refractivity contribution in [1.29, 1.82) is 0 Å². The molecule has 1 saturated heterocycles. The van der Waals surface area contributed by atoms with E-state index in [1.54, 1.807) is 42.7 Å². The average molecular weight is 471 g/mol. The number of anilines is 3. The van der Waals surface area contributed by atoms with Crippen molar-refractivity contribution in [3.63, 3.8) is 0 Å². The number of benzene rings is 2. The van der Waals surface area contributed by atoms with Crippen LogP contribution in [-0.4, -0.2) is 56.6 Å². The number of methoxy groups -OCH3 is 1. The van der Waals surface area contributed by atoms with Gasteiger partial charge in [0.2, 0.25) is 5.95 Å². The second-order valence-corrected chi connectivity index (χ2v) is 8.89. The lowest BCUT2D eigenvalue weighted by atomic mass is 10.2. The third kappa shape index (κ3) is 4.80. The Labute approximate surface area is 190 Å². The molecule has 0 saturated carbocycles. The fourth-order valence-electron chi connectivity index (χ4n) is 3.62. The van der Waals surface area contributed by atoms with Gasteiger partial charge in [0.1, 0.15) is 10.6 Å². The van der Waals surface area contributed by atoms with E-state index in [0.29, 0.717) is 43.6 Å². The molecule has 0 unspecified atom stereocenters. The fraction of sp³-hybridized carbons (Fsp3) is 0.238. The second-order valence-electron chi connectivity index (χ2n) is 7.24.